The Kier molecular flexibility index (Phi) is 10.0. The van der Waals surface area contributed by atoms with Crippen molar-refractivity contribution in [2.75, 3.05) is 13.2 Å². The molecule has 0 bridgehead atoms. The molecule has 0 aromatic rings. The van der Waals surface area contributed by atoms with Crippen LogP contribution in [0.2, 0.25) is 0 Å². The largest absolute Gasteiger partial charge is 0.381 e. The average Bonchev–Trinajstić information content (AvgIpc) is 2.11. The standard InChI is InChI=1S/C12H26O/c1-4-6-7-8-10-13-11-12(3)9-5-2/h12H,4-11H2,1-3H3. The molecule has 0 N–H and O–H groups in total. The molecule has 1 heteroatoms. The highest BCUT2D eigenvalue weighted by Gasteiger charge is 1.99. The van der Waals surface area contributed by atoms with Gasteiger partial charge in [0.05, 0.1) is 0 Å². The molecule has 0 saturated heterocycles. The van der Waals surface area contributed by atoms with Crippen molar-refractivity contribution in [3.8, 4) is 0 Å². The summed E-state index contributed by atoms with van der Waals surface area (Å²) in [7, 11) is 0. The second-order valence-corrected chi connectivity index (χ2v) is 4.03. The lowest BCUT2D eigenvalue weighted by Gasteiger charge is -2.10. The second kappa shape index (κ2) is 10.0. The fraction of sp³-hybridized carbons (Fsp3) is 1.00. The van der Waals surface area contributed by atoms with Crippen molar-refractivity contribution < 1.29 is 4.74 Å². The first-order chi connectivity index (χ1) is 6.31. The Hall–Kier alpha value is -0.0400. The zero-order valence-electron chi connectivity index (χ0n) is 9.64. The van der Waals surface area contributed by atoms with Gasteiger partial charge in [-0.3, -0.25) is 0 Å². The molecule has 0 spiro atoms. The van der Waals surface area contributed by atoms with Gasteiger partial charge in [-0.25, -0.2) is 0 Å². The molecule has 0 heterocycles. The normalized spacial score (nSPS) is 13.2. The number of rotatable bonds is 9. The van der Waals surface area contributed by atoms with Gasteiger partial charge >= 0.3 is 0 Å². The van der Waals surface area contributed by atoms with E-state index in [0.717, 1.165) is 19.1 Å². The lowest BCUT2D eigenvalue weighted by atomic mass is 10.1. The van der Waals surface area contributed by atoms with Crippen molar-refractivity contribution in [3.63, 3.8) is 0 Å². The molecular formula is C12H26O. The maximum Gasteiger partial charge on any atom is 0.0491 e. The minimum atomic E-state index is 0.746. The van der Waals surface area contributed by atoms with Crippen molar-refractivity contribution in [2.45, 2.75) is 59.3 Å². The highest BCUT2D eigenvalue weighted by molar-refractivity contribution is 4.49. The fourth-order valence-corrected chi connectivity index (χ4v) is 1.49. The highest BCUT2D eigenvalue weighted by atomic mass is 16.5. The van der Waals surface area contributed by atoms with Gasteiger partial charge in [0.1, 0.15) is 0 Å². The molecule has 0 saturated carbocycles. The Morgan fingerprint density at radius 2 is 1.77 bits per heavy atom. The number of unbranched alkanes of at least 4 members (excludes halogenated alkanes) is 3. The number of ether oxygens (including phenoxy) is 1. The third-order valence-corrected chi connectivity index (χ3v) is 2.33. The molecule has 0 fully saturated rings. The van der Waals surface area contributed by atoms with Crippen molar-refractivity contribution in [2.24, 2.45) is 5.92 Å². The summed E-state index contributed by atoms with van der Waals surface area (Å²) in [6.45, 7) is 8.67. The molecule has 0 aliphatic carbocycles. The van der Waals surface area contributed by atoms with Gasteiger partial charge in [-0.2, -0.15) is 0 Å². The molecule has 0 aromatic carbocycles. The molecule has 0 amide bonds. The van der Waals surface area contributed by atoms with Crippen LogP contribution in [0.25, 0.3) is 0 Å². The Balaban J connectivity index is 2.97. The summed E-state index contributed by atoms with van der Waals surface area (Å²) in [5, 5.41) is 0. The molecule has 80 valence electrons. The van der Waals surface area contributed by atoms with Gasteiger partial charge in [0.25, 0.3) is 0 Å². The Bertz CT molecular complexity index is 91.1. The summed E-state index contributed by atoms with van der Waals surface area (Å²) in [6.07, 6.45) is 7.82. The van der Waals surface area contributed by atoms with Gasteiger partial charge in [-0.1, -0.05) is 46.5 Å². The third-order valence-electron chi connectivity index (χ3n) is 2.33. The van der Waals surface area contributed by atoms with Gasteiger partial charge in [0.15, 0.2) is 0 Å². The van der Waals surface area contributed by atoms with Gasteiger partial charge in [0, 0.05) is 13.2 Å². The average molecular weight is 186 g/mol. The molecule has 1 unspecified atom stereocenters. The summed E-state index contributed by atoms with van der Waals surface area (Å²) < 4.78 is 5.59. The SMILES string of the molecule is CCCCCCOCC(C)CCC. The topological polar surface area (TPSA) is 9.23 Å². The maximum absolute atomic E-state index is 5.59. The van der Waals surface area contributed by atoms with Crippen molar-refractivity contribution in [1.29, 1.82) is 0 Å². The van der Waals surface area contributed by atoms with E-state index in [1.54, 1.807) is 0 Å². The maximum atomic E-state index is 5.59. The minimum Gasteiger partial charge on any atom is -0.381 e. The summed E-state index contributed by atoms with van der Waals surface area (Å²) >= 11 is 0. The van der Waals surface area contributed by atoms with Crippen molar-refractivity contribution in [1.82, 2.24) is 0 Å². The monoisotopic (exact) mass is 186 g/mol. The molecule has 13 heavy (non-hydrogen) atoms. The van der Waals surface area contributed by atoms with Crippen LogP contribution in [-0.2, 0) is 4.74 Å². The van der Waals surface area contributed by atoms with Gasteiger partial charge in [-0.15, -0.1) is 0 Å². The van der Waals surface area contributed by atoms with Crippen molar-refractivity contribution in [3.05, 3.63) is 0 Å². The molecule has 0 rings (SSSR count). The number of hydrogen-bond donors (Lipinski definition) is 0. The predicted molar refractivity (Wildman–Crippen MR) is 59.0 cm³/mol. The van der Waals surface area contributed by atoms with E-state index in [1.807, 2.05) is 0 Å². The van der Waals surface area contributed by atoms with Gasteiger partial charge in [0.2, 0.25) is 0 Å². The first-order valence-electron chi connectivity index (χ1n) is 5.89. The van der Waals surface area contributed by atoms with E-state index in [-0.39, 0.29) is 0 Å². The summed E-state index contributed by atoms with van der Waals surface area (Å²) in [5.74, 6) is 0.746. The highest BCUT2D eigenvalue weighted by Crippen LogP contribution is 2.06. The Morgan fingerprint density at radius 3 is 2.38 bits per heavy atom. The fourth-order valence-electron chi connectivity index (χ4n) is 1.49. The van der Waals surface area contributed by atoms with Crippen LogP contribution in [0, 0.1) is 5.92 Å². The molecule has 0 radical (unpaired) electrons. The van der Waals surface area contributed by atoms with Crippen LogP contribution < -0.4 is 0 Å². The molecule has 0 aromatic heterocycles. The van der Waals surface area contributed by atoms with Gasteiger partial charge in [-0.05, 0) is 18.8 Å². The first kappa shape index (κ1) is 13.0. The summed E-state index contributed by atoms with van der Waals surface area (Å²) in [6, 6.07) is 0. The van der Waals surface area contributed by atoms with E-state index in [2.05, 4.69) is 20.8 Å². The van der Waals surface area contributed by atoms with E-state index in [0.29, 0.717) is 0 Å². The van der Waals surface area contributed by atoms with E-state index in [4.69, 9.17) is 4.74 Å². The van der Waals surface area contributed by atoms with Gasteiger partial charge < -0.3 is 4.74 Å². The molecular weight excluding hydrogens is 160 g/mol. The van der Waals surface area contributed by atoms with Crippen LogP contribution in [0.3, 0.4) is 0 Å². The lowest BCUT2D eigenvalue weighted by molar-refractivity contribution is 0.0984. The predicted octanol–water partition coefficient (Wildman–Crippen LogP) is 4.02. The van der Waals surface area contributed by atoms with Crippen LogP contribution in [0.4, 0.5) is 0 Å². The van der Waals surface area contributed by atoms with Crippen LogP contribution in [-0.4, -0.2) is 13.2 Å². The Morgan fingerprint density at radius 1 is 1.00 bits per heavy atom. The second-order valence-electron chi connectivity index (χ2n) is 4.03. The minimum absolute atomic E-state index is 0.746. The van der Waals surface area contributed by atoms with Crippen molar-refractivity contribution >= 4 is 0 Å². The molecule has 1 nitrogen and oxygen atoms in total. The first-order valence-corrected chi connectivity index (χ1v) is 5.89. The van der Waals surface area contributed by atoms with E-state index in [1.165, 1.54) is 38.5 Å². The zero-order chi connectivity index (χ0) is 9.94. The molecule has 1 atom stereocenters. The van der Waals surface area contributed by atoms with Crippen LogP contribution in [0.15, 0.2) is 0 Å². The summed E-state index contributed by atoms with van der Waals surface area (Å²) in [4.78, 5) is 0. The molecule has 0 aliphatic heterocycles. The lowest BCUT2D eigenvalue weighted by Crippen LogP contribution is -2.06. The number of hydrogen-bond acceptors (Lipinski definition) is 1. The summed E-state index contributed by atoms with van der Waals surface area (Å²) in [5.41, 5.74) is 0. The van der Waals surface area contributed by atoms with E-state index in [9.17, 15) is 0 Å². The van der Waals surface area contributed by atoms with E-state index < -0.39 is 0 Å². The van der Waals surface area contributed by atoms with Crippen LogP contribution in [0.5, 0.6) is 0 Å². The third kappa shape index (κ3) is 9.88. The van der Waals surface area contributed by atoms with E-state index >= 15 is 0 Å². The molecule has 0 aliphatic rings. The van der Waals surface area contributed by atoms with Crippen LogP contribution >= 0.6 is 0 Å². The Labute approximate surface area is 83.9 Å². The smallest absolute Gasteiger partial charge is 0.0491 e. The zero-order valence-corrected chi connectivity index (χ0v) is 9.64. The van der Waals surface area contributed by atoms with Crippen LogP contribution in [0.1, 0.15) is 59.3 Å². The quantitative estimate of drug-likeness (QED) is 0.494.